The summed E-state index contributed by atoms with van der Waals surface area (Å²) >= 11 is 0. The van der Waals surface area contributed by atoms with Crippen LogP contribution in [0.15, 0.2) is 34.9 Å². The van der Waals surface area contributed by atoms with E-state index in [1.54, 1.807) is 11.8 Å². The van der Waals surface area contributed by atoms with Crippen LogP contribution in [0.25, 0.3) is 0 Å². The van der Waals surface area contributed by atoms with Crippen LogP contribution < -0.4 is 0 Å². The van der Waals surface area contributed by atoms with Crippen molar-refractivity contribution in [3.63, 3.8) is 0 Å². The second-order valence-electron chi connectivity index (χ2n) is 5.64. The fourth-order valence-corrected chi connectivity index (χ4v) is 2.62. The predicted molar refractivity (Wildman–Crippen MR) is 78.9 cm³/mol. The number of amides is 1. The maximum atomic E-state index is 12.7. The molecule has 1 fully saturated rings. The number of hydrogen-bond donors (Lipinski definition) is 1. The highest BCUT2D eigenvalue weighted by atomic mass is 16.5. The molecule has 1 aliphatic carbocycles. The molecular weight excluding hydrogens is 282 g/mol. The van der Waals surface area contributed by atoms with Crippen LogP contribution in [0.1, 0.15) is 34.9 Å². The molecule has 22 heavy (non-hydrogen) atoms. The Morgan fingerprint density at radius 2 is 2.14 bits per heavy atom. The van der Waals surface area contributed by atoms with E-state index in [9.17, 15) is 9.90 Å². The minimum absolute atomic E-state index is 0.0486. The largest absolute Gasteiger partial charge is 0.394 e. The molecule has 116 valence electrons. The molecule has 1 saturated carbocycles. The molecule has 0 saturated heterocycles. The molecular formula is C16H19N3O3. The van der Waals surface area contributed by atoms with Crippen molar-refractivity contribution in [3.05, 3.63) is 47.6 Å². The van der Waals surface area contributed by atoms with E-state index in [1.807, 2.05) is 30.3 Å². The van der Waals surface area contributed by atoms with Crippen LogP contribution in [0.3, 0.4) is 0 Å². The smallest absolute Gasteiger partial charge is 0.295 e. The molecule has 0 spiro atoms. The summed E-state index contributed by atoms with van der Waals surface area (Å²) in [6, 6.07) is 9.52. The van der Waals surface area contributed by atoms with E-state index in [4.69, 9.17) is 4.52 Å². The third-order valence-electron chi connectivity index (χ3n) is 3.93. The molecule has 0 unspecified atom stereocenters. The van der Waals surface area contributed by atoms with Crippen LogP contribution in [0.5, 0.6) is 0 Å². The minimum atomic E-state index is -0.299. The topological polar surface area (TPSA) is 79.5 Å². The minimum Gasteiger partial charge on any atom is -0.394 e. The van der Waals surface area contributed by atoms with Gasteiger partial charge in [-0.2, -0.15) is 4.98 Å². The first-order valence-corrected chi connectivity index (χ1v) is 7.45. The normalized spacial score (nSPS) is 15.5. The van der Waals surface area contributed by atoms with Gasteiger partial charge < -0.3 is 14.5 Å². The number of aryl methyl sites for hydroxylation is 1. The average Bonchev–Trinajstić information content (AvgIpc) is 3.28. The number of hydrogen-bond acceptors (Lipinski definition) is 5. The van der Waals surface area contributed by atoms with Crippen molar-refractivity contribution in [1.29, 1.82) is 0 Å². The maximum absolute atomic E-state index is 12.7. The second-order valence-corrected chi connectivity index (χ2v) is 5.64. The molecule has 1 atom stereocenters. The number of carbonyl (C=O) groups is 1. The van der Waals surface area contributed by atoms with Gasteiger partial charge in [-0.1, -0.05) is 35.5 Å². The van der Waals surface area contributed by atoms with Crippen LogP contribution in [0.2, 0.25) is 0 Å². The highest BCUT2D eigenvalue weighted by Crippen LogP contribution is 2.36. The Morgan fingerprint density at radius 1 is 1.41 bits per heavy atom. The number of aliphatic hydroxyl groups excluding tert-OH is 1. The molecule has 1 heterocycles. The van der Waals surface area contributed by atoms with Gasteiger partial charge in [-0.15, -0.1) is 0 Å². The third kappa shape index (κ3) is 3.17. The van der Waals surface area contributed by atoms with Crippen LogP contribution in [0, 0.1) is 12.8 Å². The summed E-state index contributed by atoms with van der Waals surface area (Å²) in [5.41, 5.74) is 1.01. The molecule has 1 amide bonds. The average molecular weight is 301 g/mol. The number of aliphatic hydroxyl groups is 1. The fraction of sp³-hybridized carbons (Fsp3) is 0.438. The highest BCUT2D eigenvalue weighted by Gasteiger charge is 2.38. The molecule has 0 bridgehead atoms. The van der Waals surface area contributed by atoms with Gasteiger partial charge in [-0.25, -0.2) is 0 Å². The summed E-state index contributed by atoms with van der Waals surface area (Å²) < 4.78 is 4.90. The second kappa shape index (κ2) is 6.27. The van der Waals surface area contributed by atoms with Gasteiger partial charge in [0, 0.05) is 13.5 Å². The molecule has 1 aromatic carbocycles. The molecule has 2 aromatic rings. The number of nitrogens with zero attached hydrogens (tertiary/aromatic N) is 3. The Kier molecular flexibility index (Phi) is 4.20. The lowest BCUT2D eigenvalue weighted by Gasteiger charge is -2.30. The van der Waals surface area contributed by atoms with Gasteiger partial charge >= 0.3 is 0 Å². The highest BCUT2D eigenvalue weighted by molar-refractivity contribution is 5.90. The molecule has 3 rings (SSSR count). The molecule has 1 N–H and O–H groups in total. The lowest BCUT2D eigenvalue weighted by Crippen LogP contribution is -2.43. The number of carbonyl (C=O) groups excluding carboxylic acids is 1. The van der Waals surface area contributed by atoms with Crippen molar-refractivity contribution in [3.8, 4) is 0 Å². The summed E-state index contributed by atoms with van der Waals surface area (Å²) in [7, 11) is 0. The van der Waals surface area contributed by atoms with E-state index in [0.29, 0.717) is 18.4 Å². The van der Waals surface area contributed by atoms with Gasteiger partial charge in [0.05, 0.1) is 12.6 Å². The lowest BCUT2D eigenvalue weighted by atomic mass is 10.1. The van der Waals surface area contributed by atoms with E-state index >= 15 is 0 Å². The fourth-order valence-electron chi connectivity index (χ4n) is 2.62. The van der Waals surface area contributed by atoms with E-state index in [2.05, 4.69) is 10.1 Å². The van der Waals surface area contributed by atoms with Gasteiger partial charge in [-0.05, 0) is 24.3 Å². The van der Waals surface area contributed by atoms with E-state index in [-0.39, 0.29) is 24.4 Å². The Morgan fingerprint density at radius 3 is 2.68 bits per heavy atom. The van der Waals surface area contributed by atoms with Gasteiger partial charge in [0.15, 0.2) is 0 Å². The van der Waals surface area contributed by atoms with Gasteiger partial charge in [0.1, 0.15) is 0 Å². The molecule has 0 radical (unpaired) electrons. The van der Waals surface area contributed by atoms with Crippen molar-refractivity contribution in [2.24, 2.45) is 5.92 Å². The Balaban J connectivity index is 1.86. The predicted octanol–water partition coefficient (Wildman–Crippen LogP) is 1.79. The first-order valence-electron chi connectivity index (χ1n) is 7.45. The molecule has 0 aliphatic heterocycles. The van der Waals surface area contributed by atoms with E-state index in [0.717, 1.165) is 18.4 Å². The van der Waals surface area contributed by atoms with Crippen LogP contribution in [-0.2, 0) is 6.54 Å². The molecule has 1 aromatic heterocycles. The lowest BCUT2D eigenvalue weighted by molar-refractivity contribution is 0.0516. The van der Waals surface area contributed by atoms with Crippen molar-refractivity contribution in [2.75, 3.05) is 6.61 Å². The van der Waals surface area contributed by atoms with Gasteiger partial charge in [0.2, 0.25) is 5.89 Å². The standard InChI is InChI=1S/C16H19N3O3/c1-11-17-15(18-22-11)16(21)19(14(10-20)13-7-8-13)9-12-5-3-2-4-6-12/h2-6,13-14,20H,7-10H2,1H3/t14-/m0/s1. The summed E-state index contributed by atoms with van der Waals surface area (Å²) in [4.78, 5) is 18.4. The first-order chi connectivity index (χ1) is 10.7. The van der Waals surface area contributed by atoms with Gasteiger partial charge in [-0.3, -0.25) is 4.79 Å². The quantitative estimate of drug-likeness (QED) is 0.880. The SMILES string of the molecule is Cc1nc(C(=O)N(Cc2ccccc2)[C@@H](CO)C2CC2)no1. The van der Waals surface area contributed by atoms with Crippen LogP contribution >= 0.6 is 0 Å². The first kappa shape index (κ1) is 14.7. The summed E-state index contributed by atoms with van der Waals surface area (Å²) in [5, 5.41) is 13.4. The van der Waals surface area contributed by atoms with Crippen molar-refractivity contribution >= 4 is 5.91 Å². The van der Waals surface area contributed by atoms with Gasteiger partial charge in [0.25, 0.3) is 11.7 Å². The van der Waals surface area contributed by atoms with Crippen LogP contribution in [-0.4, -0.2) is 38.7 Å². The number of rotatable bonds is 6. The zero-order chi connectivity index (χ0) is 15.5. The molecule has 6 heteroatoms. The maximum Gasteiger partial charge on any atom is 0.295 e. The van der Waals surface area contributed by atoms with E-state index in [1.165, 1.54) is 0 Å². The summed E-state index contributed by atoms with van der Waals surface area (Å²) in [6.07, 6.45) is 2.07. The van der Waals surface area contributed by atoms with E-state index < -0.39 is 0 Å². The molecule has 1 aliphatic rings. The molecule has 6 nitrogen and oxygen atoms in total. The third-order valence-corrected chi connectivity index (χ3v) is 3.93. The zero-order valence-electron chi connectivity index (χ0n) is 12.5. The van der Waals surface area contributed by atoms with Crippen molar-refractivity contribution < 1.29 is 14.4 Å². The summed E-state index contributed by atoms with van der Waals surface area (Å²) in [6.45, 7) is 2.02. The number of benzene rings is 1. The summed E-state index contributed by atoms with van der Waals surface area (Å²) in [5.74, 6) is 0.458. The van der Waals surface area contributed by atoms with Crippen molar-refractivity contribution in [1.82, 2.24) is 15.0 Å². The number of aromatic nitrogens is 2. The van der Waals surface area contributed by atoms with Crippen LogP contribution in [0.4, 0.5) is 0 Å². The van der Waals surface area contributed by atoms with Crippen molar-refractivity contribution in [2.45, 2.75) is 32.4 Å². The Labute approximate surface area is 128 Å². The zero-order valence-corrected chi connectivity index (χ0v) is 12.5. The Bertz CT molecular complexity index is 637. The Hall–Kier alpha value is -2.21. The monoisotopic (exact) mass is 301 g/mol.